The highest BCUT2D eigenvalue weighted by Gasteiger charge is 2.18. The second kappa shape index (κ2) is 14.4. The molecule has 0 saturated heterocycles. The van der Waals surface area contributed by atoms with E-state index >= 15 is 0 Å². The van der Waals surface area contributed by atoms with Gasteiger partial charge < -0.3 is 9.80 Å². The van der Waals surface area contributed by atoms with Gasteiger partial charge in [-0.1, -0.05) is 158 Å². The number of hydrogen-bond donors (Lipinski definition) is 0. The molecule has 0 spiro atoms. The van der Waals surface area contributed by atoms with Gasteiger partial charge in [0.05, 0.1) is 5.69 Å². The maximum atomic E-state index is 2.36. The molecule has 0 aromatic heterocycles. The second-order valence-electron chi connectivity index (χ2n) is 14.2. The van der Waals surface area contributed by atoms with Crippen molar-refractivity contribution in [1.29, 1.82) is 0 Å². The molecular formula is C54H38N2. The third-order valence-corrected chi connectivity index (χ3v) is 10.8. The highest BCUT2D eigenvalue weighted by molar-refractivity contribution is 6.15. The van der Waals surface area contributed by atoms with Crippen LogP contribution in [-0.2, 0) is 0 Å². The summed E-state index contributed by atoms with van der Waals surface area (Å²) >= 11 is 0. The molecule has 0 amide bonds. The van der Waals surface area contributed by atoms with Crippen LogP contribution in [0.1, 0.15) is 0 Å². The van der Waals surface area contributed by atoms with E-state index in [9.17, 15) is 0 Å². The predicted molar refractivity (Wildman–Crippen MR) is 239 cm³/mol. The van der Waals surface area contributed by atoms with E-state index in [1.165, 1.54) is 54.6 Å². The summed E-state index contributed by atoms with van der Waals surface area (Å²) in [6.45, 7) is 0. The summed E-state index contributed by atoms with van der Waals surface area (Å²) in [6, 6.07) is 83.0. The Kier molecular flexibility index (Phi) is 8.55. The van der Waals surface area contributed by atoms with Gasteiger partial charge in [0.25, 0.3) is 0 Å². The number of rotatable bonds is 8. The zero-order valence-corrected chi connectivity index (χ0v) is 30.8. The minimum Gasteiger partial charge on any atom is -0.310 e. The monoisotopic (exact) mass is 714 g/mol. The van der Waals surface area contributed by atoms with E-state index in [1.54, 1.807) is 0 Å². The van der Waals surface area contributed by atoms with Gasteiger partial charge in [-0.25, -0.2) is 0 Å². The van der Waals surface area contributed by atoms with Crippen molar-refractivity contribution in [3.8, 4) is 22.3 Å². The van der Waals surface area contributed by atoms with Crippen molar-refractivity contribution in [2.24, 2.45) is 0 Å². The molecule has 0 heterocycles. The van der Waals surface area contributed by atoms with Gasteiger partial charge in [0.1, 0.15) is 0 Å². The largest absolute Gasteiger partial charge is 0.310 e. The Morgan fingerprint density at radius 1 is 0.232 bits per heavy atom. The van der Waals surface area contributed by atoms with Gasteiger partial charge in [-0.05, 0) is 122 Å². The molecule has 0 saturated carbocycles. The van der Waals surface area contributed by atoms with Gasteiger partial charge in [-0.2, -0.15) is 0 Å². The summed E-state index contributed by atoms with van der Waals surface area (Å²) in [5.74, 6) is 0. The van der Waals surface area contributed by atoms with Gasteiger partial charge in [-0.15, -0.1) is 0 Å². The lowest BCUT2D eigenvalue weighted by Gasteiger charge is -2.27. The number of fused-ring (bicyclic) bond motifs is 4. The fourth-order valence-corrected chi connectivity index (χ4v) is 8.12. The van der Waals surface area contributed by atoms with Crippen molar-refractivity contribution >= 4 is 66.4 Å². The first-order valence-corrected chi connectivity index (χ1v) is 19.2. The third kappa shape index (κ3) is 6.14. The second-order valence-corrected chi connectivity index (χ2v) is 14.2. The molecule has 10 aromatic rings. The Morgan fingerprint density at radius 3 is 1.38 bits per heavy atom. The molecule has 0 fully saturated rings. The van der Waals surface area contributed by atoms with Gasteiger partial charge in [0.2, 0.25) is 0 Å². The summed E-state index contributed by atoms with van der Waals surface area (Å²) in [6.07, 6.45) is 0. The Bertz CT molecular complexity index is 2930. The molecule has 2 heteroatoms. The van der Waals surface area contributed by atoms with Crippen LogP contribution in [-0.4, -0.2) is 0 Å². The van der Waals surface area contributed by atoms with Crippen LogP contribution < -0.4 is 9.80 Å². The molecule has 0 atom stereocenters. The van der Waals surface area contributed by atoms with E-state index in [0.29, 0.717) is 0 Å². The van der Waals surface area contributed by atoms with Crippen molar-refractivity contribution in [3.05, 3.63) is 231 Å². The number of benzene rings is 10. The quantitative estimate of drug-likeness (QED) is 0.145. The van der Waals surface area contributed by atoms with Crippen LogP contribution in [0.5, 0.6) is 0 Å². The molecule has 0 radical (unpaired) electrons. The lowest BCUT2D eigenvalue weighted by atomic mass is 9.93. The minimum absolute atomic E-state index is 1.10. The first-order chi connectivity index (χ1) is 27.8. The number of anilines is 6. The summed E-state index contributed by atoms with van der Waals surface area (Å²) in [7, 11) is 0. The fourth-order valence-electron chi connectivity index (χ4n) is 8.12. The summed E-state index contributed by atoms with van der Waals surface area (Å²) in [4.78, 5) is 4.71. The average molecular weight is 715 g/mol. The lowest BCUT2D eigenvalue weighted by molar-refractivity contribution is 1.29. The SMILES string of the molecule is c1ccc(-c2cc3ccccc3c3cc(N(c4ccccc4)c4ccc(-c5ccc(N(c6ccccc6)c6cccc7ccccc67)cc5)cc4)ccc23)cc1. The summed E-state index contributed by atoms with van der Waals surface area (Å²) in [5, 5.41) is 7.42. The van der Waals surface area contributed by atoms with Crippen LogP contribution in [0.3, 0.4) is 0 Å². The highest BCUT2D eigenvalue weighted by atomic mass is 15.1. The van der Waals surface area contributed by atoms with E-state index < -0.39 is 0 Å². The Hall–Kier alpha value is -7.42. The van der Waals surface area contributed by atoms with Crippen molar-refractivity contribution in [2.45, 2.75) is 0 Å². The van der Waals surface area contributed by atoms with Crippen LogP contribution in [0.25, 0.3) is 54.6 Å². The van der Waals surface area contributed by atoms with Crippen LogP contribution in [0.15, 0.2) is 231 Å². The van der Waals surface area contributed by atoms with Crippen LogP contribution in [0, 0.1) is 0 Å². The Labute approximate surface area is 327 Å². The molecule has 0 unspecified atom stereocenters. The van der Waals surface area contributed by atoms with Crippen LogP contribution >= 0.6 is 0 Å². The standard InChI is InChI=1S/C54H38N2/c1-4-15-42(16-5-1)52-37-43-18-11-12-24-49(43)53-38-48(35-36-51(52)53)55(44-20-6-2-7-21-44)46-31-27-39(28-32-46)40-29-33-47(34-30-40)56(45-22-8-3-9-23-45)54-26-14-19-41-17-10-13-25-50(41)54/h1-38H. The van der Waals surface area contributed by atoms with Crippen LogP contribution in [0.2, 0.25) is 0 Å². The molecule has 56 heavy (non-hydrogen) atoms. The Balaban J connectivity index is 1.03. The summed E-state index contributed by atoms with van der Waals surface area (Å²) < 4.78 is 0. The van der Waals surface area contributed by atoms with E-state index in [0.717, 1.165) is 34.1 Å². The molecule has 0 bridgehead atoms. The van der Waals surface area contributed by atoms with Gasteiger partial charge in [0.15, 0.2) is 0 Å². The normalized spacial score (nSPS) is 11.2. The Morgan fingerprint density at radius 2 is 0.714 bits per heavy atom. The minimum atomic E-state index is 1.10. The lowest BCUT2D eigenvalue weighted by Crippen LogP contribution is -2.10. The number of nitrogens with zero attached hydrogens (tertiary/aromatic N) is 2. The van der Waals surface area contributed by atoms with Gasteiger partial charge in [-0.3, -0.25) is 0 Å². The third-order valence-electron chi connectivity index (χ3n) is 10.8. The topological polar surface area (TPSA) is 6.48 Å². The fraction of sp³-hybridized carbons (Fsp3) is 0. The molecule has 0 N–H and O–H groups in total. The maximum Gasteiger partial charge on any atom is 0.0540 e. The van der Waals surface area contributed by atoms with Crippen molar-refractivity contribution < 1.29 is 0 Å². The van der Waals surface area contributed by atoms with Crippen molar-refractivity contribution in [3.63, 3.8) is 0 Å². The zero-order chi connectivity index (χ0) is 37.3. The van der Waals surface area contributed by atoms with Gasteiger partial charge >= 0.3 is 0 Å². The molecule has 2 nitrogen and oxygen atoms in total. The van der Waals surface area contributed by atoms with E-state index in [4.69, 9.17) is 0 Å². The smallest absolute Gasteiger partial charge is 0.0540 e. The molecule has 10 rings (SSSR count). The molecule has 0 aliphatic heterocycles. The highest BCUT2D eigenvalue weighted by Crippen LogP contribution is 2.42. The predicted octanol–water partition coefficient (Wildman–Crippen LogP) is 15.4. The van der Waals surface area contributed by atoms with E-state index in [1.807, 2.05) is 0 Å². The first kappa shape index (κ1) is 33.2. The van der Waals surface area contributed by atoms with Crippen molar-refractivity contribution in [2.75, 3.05) is 9.80 Å². The van der Waals surface area contributed by atoms with Crippen molar-refractivity contribution in [1.82, 2.24) is 0 Å². The number of hydrogen-bond acceptors (Lipinski definition) is 2. The van der Waals surface area contributed by atoms with Gasteiger partial charge in [0, 0.05) is 33.8 Å². The van der Waals surface area contributed by atoms with E-state index in [2.05, 4.69) is 240 Å². The maximum absolute atomic E-state index is 2.36. The zero-order valence-electron chi connectivity index (χ0n) is 30.8. The first-order valence-electron chi connectivity index (χ1n) is 19.2. The summed E-state index contributed by atoms with van der Waals surface area (Å²) in [5.41, 5.74) is 11.5. The molecule has 264 valence electrons. The van der Waals surface area contributed by atoms with Crippen LogP contribution in [0.4, 0.5) is 34.1 Å². The molecule has 0 aliphatic rings. The molecular weight excluding hydrogens is 677 g/mol. The molecule has 10 aromatic carbocycles. The van der Waals surface area contributed by atoms with E-state index in [-0.39, 0.29) is 0 Å². The number of para-hydroxylation sites is 2. The average Bonchev–Trinajstić information content (AvgIpc) is 3.28. The molecule has 0 aliphatic carbocycles.